The molecule has 1 aliphatic heterocycles. The van der Waals surface area contributed by atoms with Crippen LogP contribution in [-0.2, 0) is 38.3 Å². The molecule has 1 aliphatic rings. The molecule has 1 rings (SSSR count). The Hall–Kier alpha value is -1.16. The van der Waals surface area contributed by atoms with Crippen molar-refractivity contribution in [2.24, 2.45) is 0 Å². The molecule has 0 bridgehead atoms. The smallest absolute Gasteiger partial charge is 0.397 e. The zero-order valence-electron chi connectivity index (χ0n) is 40.2. The van der Waals surface area contributed by atoms with Crippen molar-refractivity contribution >= 4 is 16.4 Å². The summed E-state index contributed by atoms with van der Waals surface area (Å²) in [4.78, 5) is 12.9. The summed E-state index contributed by atoms with van der Waals surface area (Å²) in [6.45, 7) is 4.03. The minimum Gasteiger partial charge on any atom is -0.457 e. The predicted octanol–water partition coefficient (Wildman–Crippen LogP) is 11.8. The van der Waals surface area contributed by atoms with Crippen LogP contribution >= 0.6 is 0 Å². The van der Waals surface area contributed by atoms with Gasteiger partial charge in [-0.25, -0.2) is 4.18 Å². The number of aliphatic hydroxyl groups excluding tert-OH is 3. The van der Waals surface area contributed by atoms with Crippen LogP contribution in [0.25, 0.3) is 0 Å². The van der Waals surface area contributed by atoms with Crippen LogP contribution in [0.3, 0.4) is 0 Å². The summed E-state index contributed by atoms with van der Waals surface area (Å²) in [6.07, 6.45) is 38.1. The van der Waals surface area contributed by atoms with Crippen molar-refractivity contribution in [2.75, 3.05) is 26.4 Å². The summed E-state index contributed by atoms with van der Waals surface area (Å²) >= 11 is 0. The standard InChI is InChI=1S/C50H96O12S/c1-3-5-7-9-11-13-15-17-19-21-22-24-26-28-30-32-34-36-38-40-58-42-44(43-59-50-48(54)49(62-63(55,56)57)47(53)45(41-51)61-50)60-46(52)39-37-35-33-31-29-27-25-23-20-18-16-14-12-10-8-6-4-2/h18,20,44-45,47-51,53-54H,3-17,19,21-43H2,1-2H3,(H,55,56,57)/b20-18-. The first-order valence-electron chi connectivity index (χ1n) is 25.9. The maximum Gasteiger partial charge on any atom is 0.397 e. The monoisotopic (exact) mass is 921 g/mol. The Bertz CT molecular complexity index is 1150. The lowest BCUT2D eigenvalue weighted by molar-refractivity contribution is -0.301. The van der Waals surface area contributed by atoms with Crippen LogP contribution in [0.5, 0.6) is 0 Å². The third-order valence-electron chi connectivity index (χ3n) is 12.1. The topological polar surface area (TPSA) is 178 Å². The molecule has 0 aromatic carbocycles. The Morgan fingerprint density at radius 2 is 1.00 bits per heavy atom. The first-order chi connectivity index (χ1) is 30.6. The van der Waals surface area contributed by atoms with E-state index in [0.717, 1.165) is 44.9 Å². The van der Waals surface area contributed by atoms with Crippen LogP contribution in [0.2, 0.25) is 0 Å². The number of rotatable bonds is 46. The average Bonchev–Trinajstić information content (AvgIpc) is 3.26. The SMILES string of the molecule is CCCCCCCC/C=C\CCCCCCCCCC(=O)OC(COCCCCCCCCCCCCCCCCCCCCC)COC1OC(CO)C(O)C(OS(=O)(=O)O)C1O. The average molecular weight is 921 g/mol. The molecular formula is C50H96O12S. The van der Waals surface area contributed by atoms with Crippen LogP contribution in [0.1, 0.15) is 239 Å². The molecule has 0 aliphatic carbocycles. The summed E-state index contributed by atoms with van der Waals surface area (Å²) in [5.74, 6) is -0.398. The molecule has 13 heteroatoms. The highest BCUT2D eigenvalue weighted by Gasteiger charge is 2.48. The van der Waals surface area contributed by atoms with Gasteiger partial charge in [-0.3, -0.25) is 9.35 Å². The van der Waals surface area contributed by atoms with E-state index in [1.165, 1.54) is 167 Å². The highest BCUT2D eigenvalue weighted by atomic mass is 32.3. The van der Waals surface area contributed by atoms with Crippen molar-refractivity contribution < 1.29 is 56.2 Å². The second-order valence-electron chi connectivity index (χ2n) is 18.1. The quantitative estimate of drug-likeness (QED) is 0.0197. The summed E-state index contributed by atoms with van der Waals surface area (Å²) < 4.78 is 59.3. The van der Waals surface area contributed by atoms with E-state index in [9.17, 15) is 33.1 Å². The first kappa shape index (κ1) is 59.9. The second kappa shape index (κ2) is 42.2. The third kappa shape index (κ3) is 35.7. The van der Waals surface area contributed by atoms with Crippen LogP contribution in [0.4, 0.5) is 0 Å². The minimum absolute atomic E-state index is 0.0405. The van der Waals surface area contributed by atoms with E-state index in [-0.39, 0.29) is 19.6 Å². The molecule has 4 N–H and O–H groups in total. The molecule has 0 spiro atoms. The van der Waals surface area contributed by atoms with Gasteiger partial charge >= 0.3 is 16.4 Å². The fourth-order valence-corrected chi connectivity index (χ4v) is 8.71. The van der Waals surface area contributed by atoms with Gasteiger partial charge in [-0.05, 0) is 38.5 Å². The Morgan fingerprint density at radius 1 is 0.587 bits per heavy atom. The molecule has 374 valence electrons. The number of hydrogen-bond acceptors (Lipinski definition) is 11. The van der Waals surface area contributed by atoms with E-state index in [2.05, 4.69) is 30.2 Å². The maximum absolute atomic E-state index is 12.9. The molecule has 0 saturated carbocycles. The van der Waals surface area contributed by atoms with E-state index in [4.69, 9.17) is 18.9 Å². The van der Waals surface area contributed by atoms with E-state index < -0.39 is 59.8 Å². The van der Waals surface area contributed by atoms with Crippen LogP contribution in [-0.4, -0.2) is 97.5 Å². The number of carbonyl (C=O) groups excluding carboxylic acids is 1. The van der Waals surface area contributed by atoms with Gasteiger partial charge in [0.15, 0.2) is 6.29 Å². The Morgan fingerprint density at radius 3 is 1.43 bits per heavy atom. The van der Waals surface area contributed by atoms with Gasteiger partial charge in [0, 0.05) is 13.0 Å². The first-order valence-corrected chi connectivity index (χ1v) is 27.3. The number of hydrogen-bond donors (Lipinski definition) is 4. The van der Waals surface area contributed by atoms with E-state index in [1.54, 1.807) is 0 Å². The normalized spacial score (nSPS) is 19.9. The van der Waals surface area contributed by atoms with Gasteiger partial charge in [0.2, 0.25) is 0 Å². The Kier molecular flexibility index (Phi) is 40.1. The molecule has 0 amide bonds. The zero-order chi connectivity index (χ0) is 46.1. The van der Waals surface area contributed by atoms with Gasteiger partial charge in [-0.2, -0.15) is 8.42 Å². The van der Waals surface area contributed by atoms with Crippen molar-refractivity contribution in [1.82, 2.24) is 0 Å². The Labute approximate surface area is 385 Å². The molecule has 1 heterocycles. The van der Waals surface area contributed by atoms with Gasteiger partial charge in [0.1, 0.15) is 30.5 Å². The van der Waals surface area contributed by atoms with Gasteiger partial charge in [0.25, 0.3) is 0 Å². The molecule has 1 fully saturated rings. The number of carbonyl (C=O) groups is 1. The van der Waals surface area contributed by atoms with Gasteiger partial charge < -0.3 is 34.3 Å². The van der Waals surface area contributed by atoms with Gasteiger partial charge in [-0.15, -0.1) is 0 Å². The molecule has 63 heavy (non-hydrogen) atoms. The fraction of sp³-hybridized carbons (Fsp3) is 0.940. The van der Waals surface area contributed by atoms with Crippen LogP contribution < -0.4 is 0 Å². The number of esters is 1. The highest BCUT2D eigenvalue weighted by Crippen LogP contribution is 2.26. The maximum atomic E-state index is 12.9. The molecule has 0 aromatic heterocycles. The fourth-order valence-electron chi connectivity index (χ4n) is 8.20. The minimum atomic E-state index is -5.06. The molecular weight excluding hydrogens is 825 g/mol. The summed E-state index contributed by atoms with van der Waals surface area (Å²) in [5, 5.41) is 30.7. The van der Waals surface area contributed by atoms with Crippen molar-refractivity contribution in [3.05, 3.63) is 12.2 Å². The largest absolute Gasteiger partial charge is 0.457 e. The van der Waals surface area contributed by atoms with Crippen molar-refractivity contribution in [3.63, 3.8) is 0 Å². The molecule has 6 atom stereocenters. The number of aliphatic hydroxyl groups is 3. The lowest BCUT2D eigenvalue weighted by Crippen LogP contribution is -2.60. The lowest BCUT2D eigenvalue weighted by Gasteiger charge is -2.41. The van der Waals surface area contributed by atoms with Crippen molar-refractivity contribution in [2.45, 2.75) is 275 Å². The number of unbranched alkanes of at least 4 members (excludes halogenated alkanes) is 31. The zero-order valence-corrected chi connectivity index (χ0v) is 41.0. The van der Waals surface area contributed by atoms with E-state index >= 15 is 0 Å². The molecule has 0 radical (unpaired) electrons. The van der Waals surface area contributed by atoms with Crippen molar-refractivity contribution in [3.8, 4) is 0 Å². The third-order valence-corrected chi connectivity index (χ3v) is 12.6. The van der Waals surface area contributed by atoms with Crippen LogP contribution in [0.15, 0.2) is 12.2 Å². The van der Waals surface area contributed by atoms with E-state index in [1.807, 2.05) is 0 Å². The summed E-state index contributed by atoms with van der Waals surface area (Å²) in [5.41, 5.74) is 0. The van der Waals surface area contributed by atoms with Gasteiger partial charge in [-0.1, -0.05) is 206 Å². The second-order valence-corrected chi connectivity index (χ2v) is 19.2. The van der Waals surface area contributed by atoms with Crippen molar-refractivity contribution in [1.29, 1.82) is 0 Å². The molecule has 12 nitrogen and oxygen atoms in total. The van der Waals surface area contributed by atoms with Gasteiger partial charge in [0.05, 0.1) is 19.8 Å². The molecule has 0 aromatic rings. The number of ether oxygens (including phenoxy) is 4. The molecule has 6 unspecified atom stereocenters. The lowest BCUT2D eigenvalue weighted by atomic mass is 9.99. The number of allylic oxidation sites excluding steroid dienone is 2. The molecule has 1 saturated heterocycles. The summed E-state index contributed by atoms with van der Waals surface area (Å²) in [7, 11) is -5.06. The van der Waals surface area contributed by atoms with E-state index in [0.29, 0.717) is 13.0 Å². The highest BCUT2D eigenvalue weighted by molar-refractivity contribution is 7.80. The predicted molar refractivity (Wildman–Crippen MR) is 253 cm³/mol. The van der Waals surface area contributed by atoms with Crippen LogP contribution in [0, 0.1) is 0 Å². The summed E-state index contributed by atoms with van der Waals surface area (Å²) in [6, 6.07) is 0. The Balaban J connectivity index is 2.35.